The number of urea groups is 1. The van der Waals surface area contributed by atoms with Crippen LogP contribution in [0.2, 0.25) is 0 Å². The van der Waals surface area contributed by atoms with Crippen molar-refractivity contribution in [2.75, 3.05) is 31.7 Å². The molecule has 32 heavy (non-hydrogen) atoms. The molecule has 2 N–H and O–H groups in total. The number of hydrogen-bond acceptors (Lipinski definition) is 9. The molecule has 12 nitrogen and oxygen atoms in total. The second kappa shape index (κ2) is 8.63. The third-order valence-corrected chi connectivity index (χ3v) is 5.13. The van der Waals surface area contributed by atoms with E-state index in [1.165, 1.54) is 20.2 Å². The fourth-order valence-electron chi connectivity index (χ4n) is 3.47. The van der Waals surface area contributed by atoms with Gasteiger partial charge in [0.05, 0.1) is 18.8 Å². The van der Waals surface area contributed by atoms with Crippen LogP contribution in [0, 0.1) is 6.92 Å². The Bertz CT molecular complexity index is 1100. The molecule has 0 spiro atoms. The monoisotopic (exact) mass is 441 g/mol. The highest BCUT2D eigenvalue weighted by Gasteiger charge is 2.34. The Kier molecular flexibility index (Phi) is 5.89. The van der Waals surface area contributed by atoms with Crippen LogP contribution in [0.25, 0.3) is 22.6 Å². The van der Waals surface area contributed by atoms with Gasteiger partial charge < -0.3 is 19.3 Å². The summed E-state index contributed by atoms with van der Waals surface area (Å²) in [6.07, 6.45) is 4.82. The highest BCUT2D eigenvalue weighted by atomic mass is 16.5. The van der Waals surface area contributed by atoms with Crippen LogP contribution in [0.5, 0.6) is 0 Å². The molecule has 0 atom stereocenters. The number of morpholine rings is 1. The van der Waals surface area contributed by atoms with Crippen LogP contribution in [-0.4, -0.2) is 82.6 Å². The minimum atomic E-state index is -1.51. The van der Waals surface area contributed by atoms with Crippen molar-refractivity contribution >= 4 is 23.0 Å². The van der Waals surface area contributed by atoms with Crippen molar-refractivity contribution in [3.05, 3.63) is 24.5 Å². The first-order valence-electron chi connectivity index (χ1n) is 10.5. The summed E-state index contributed by atoms with van der Waals surface area (Å²) in [7, 11) is 0. The summed E-state index contributed by atoms with van der Waals surface area (Å²) in [6.45, 7) is 9.24. The molecule has 3 aromatic heterocycles. The van der Waals surface area contributed by atoms with Crippen molar-refractivity contribution in [2.24, 2.45) is 0 Å². The van der Waals surface area contributed by atoms with Crippen LogP contribution in [0.15, 0.2) is 18.7 Å². The van der Waals surface area contributed by atoms with E-state index >= 15 is 0 Å². The number of fused-ring (bicyclic) bond motifs is 1. The van der Waals surface area contributed by atoms with Crippen LogP contribution >= 0.6 is 0 Å². The lowest BCUT2D eigenvalue weighted by Gasteiger charge is -2.38. The predicted molar refractivity (Wildman–Crippen MR) is 116 cm³/mol. The summed E-state index contributed by atoms with van der Waals surface area (Å²) >= 11 is 0. The lowest BCUT2D eigenvalue weighted by Crippen LogP contribution is -2.57. The first-order valence-corrected chi connectivity index (χ1v) is 10.5. The van der Waals surface area contributed by atoms with Crippen molar-refractivity contribution in [3.63, 3.8) is 0 Å². The van der Waals surface area contributed by atoms with Gasteiger partial charge in [-0.15, -0.1) is 0 Å². The first kappa shape index (κ1) is 21.8. The Morgan fingerprint density at radius 1 is 1.22 bits per heavy atom. The zero-order valence-electron chi connectivity index (χ0n) is 18.6. The van der Waals surface area contributed by atoms with Crippen LogP contribution in [0.3, 0.4) is 0 Å². The van der Waals surface area contributed by atoms with E-state index in [0.717, 1.165) is 10.6 Å². The Morgan fingerprint density at radius 3 is 2.53 bits per heavy atom. The Labute approximate surface area is 185 Å². The number of nitrogens with one attached hydrogen (secondary N) is 1. The molecule has 0 aromatic carbocycles. The number of carbonyl (C=O) groups is 1. The van der Waals surface area contributed by atoms with E-state index in [1.807, 2.05) is 18.4 Å². The van der Waals surface area contributed by atoms with E-state index in [2.05, 4.69) is 25.4 Å². The van der Waals surface area contributed by atoms with Crippen LogP contribution in [-0.2, 0) is 11.3 Å². The molecule has 12 heteroatoms. The third kappa shape index (κ3) is 4.18. The van der Waals surface area contributed by atoms with E-state index in [1.54, 1.807) is 17.3 Å². The minimum Gasteiger partial charge on any atom is -0.378 e. The molecule has 0 radical (unpaired) electrons. The molecule has 2 amide bonds. The summed E-state index contributed by atoms with van der Waals surface area (Å²) in [5.74, 6) is 1.61. The number of ether oxygens (including phenoxy) is 1. The molecule has 4 rings (SSSR count). The van der Waals surface area contributed by atoms with Crippen molar-refractivity contribution < 1.29 is 14.6 Å². The molecule has 0 bridgehead atoms. The van der Waals surface area contributed by atoms with Gasteiger partial charge in [0.15, 0.2) is 22.7 Å². The Balaban J connectivity index is 1.74. The molecule has 0 unspecified atom stereocenters. The van der Waals surface area contributed by atoms with Crippen molar-refractivity contribution in [2.45, 2.75) is 40.0 Å². The van der Waals surface area contributed by atoms with Gasteiger partial charge in [-0.1, -0.05) is 0 Å². The number of anilines is 1. The standard InChI is InChI=1S/C20H27N9O3/c1-5-28-17(14-10-21-13(2)22-11-14)25-15-16(23-12-24-18(15)28)26-29(20(3,4)31)19(30)27-6-8-32-9-7-27/h10-12,31H,5-9H2,1-4H3,(H,23,24,26). The lowest BCUT2D eigenvalue weighted by molar-refractivity contribution is -0.0515. The van der Waals surface area contributed by atoms with Crippen LogP contribution in [0.4, 0.5) is 10.6 Å². The Morgan fingerprint density at radius 2 is 1.91 bits per heavy atom. The number of aryl methyl sites for hydroxylation is 2. The van der Waals surface area contributed by atoms with E-state index < -0.39 is 5.72 Å². The molecule has 170 valence electrons. The SMILES string of the molecule is CCn1c(-c2cnc(C)nc2)nc2c(NN(C(=O)N3CCOCC3)C(C)(C)O)ncnc21. The molecule has 1 aliphatic heterocycles. The number of aromatic nitrogens is 6. The average molecular weight is 441 g/mol. The van der Waals surface area contributed by atoms with Crippen LogP contribution < -0.4 is 5.43 Å². The summed E-state index contributed by atoms with van der Waals surface area (Å²) in [5, 5.41) is 11.9. The predicted octanol–water partition coefficient (Wildman–Crippen LogP) is 1.42. The maximum atomic E-state index is 13.2. The number of hydrazine groups is 1. The van der Waals surface area contributed by atoms with Gasteiger partial charge >= 0.3 is 6.03 Å². The van der Waals surface area contributed by atoms with E-state index in [4.69, 9.17) is 9.72 Å². The highest BCUT2D eigenvalue weighted by Crippen LogP contribution is 2.27. The summed E-state index contributed by atoms with van der Waals surface area (Å²) in [6, 6.07) is -0.380. The molecule has 4 heterocycles. The highest BCUT2D eigenvalue weighted by molar-refractivity contribution is 5.87. The van der Waals surface area contributed by atoms with E-state index in [0.29, 0.717) is 61.5 Å². The molecular weight excluding hydrogens is 414 g/mol. The number of aliphatic hydroxyl groups is 1. The molecule has 0 saturated carbocycles. The number of rotatable bonds is 5. The second-order valence-corrected chi connectivity index (χ2v) is 7.92. The fraction of sp³-hybridized carbons (Fsp3) is 0.500. The third-order valence-electron chi connectivity index (χ3n) is 5.13. The molecule has 1 aliphatic rings. The second-order valence-electron chi connectivity index (χ2n) is 7.92. The normalized spacial score (nSPS) is 14.6. The lowest BCUT2D eigenvalue weighted by atomic mass is 10.3. The molecular formula is C20H27N9O3. The largest absolute Gasteiger partial charge is 0.378 e. The van der Waals surface area contributed by atoms with Gasteiger partial charge in [0.25, 0.3) is 0 Å². The van der Waals surface area contributed by atoms with Gasteiger partial charge in [0.2, 0.25) is 0 Å². The molecule has 1 fully saturated rings. The van der Waals surface area contributed by atoms with E-state index in [9.17, 15) is 9.90 Å². The first-order chi connectivity index (χ1) is 15.3. The summed E-state index contributed by atoms with van der Waals surface area (Å²) in [5.41, 5.74) is 3.27. The maximum Gasteiger partial charge on any atom is 0.341 e. The van der Waals surface area contributed by atoms with Crippen molar-refractivity contribution in [1.29, 1.82) is 0 Å². The van der Waals surface area contributed by atoms with E-state index in [-0.39, 0.29) is 6.03 Å². The topological polar surface area (TPSA) is 134 Å². The van der Waals surface area contributed by atoms with Gasteiger partial charge in [-0.05, 0) is 27.7 Å². The minimum absolute atomic E-state index is 0.306. The zero-order valence-corrected chi connectivity index (χ0v) is 18.6. The van der Waals surface area contributed by atoms with Crippen molar-refractivity contribution in [3.8, 4) is 11.4 Å². The molecule has 0 aliphatic carbocycles. The average Bonchev–Trinajstić information content (AvgIpc) is 3.16. The maximum absolute atomic E-state index is 13.2. The number of hydrogen-bond donors (Lipinski definition) is 2. The number of nitrogens with zero attached hydrogens (tertiary/aromatic N) is 8. The number of imidazole rings is 1. The van der Waals surface area contributed by atoms with Gasteiger partial charge in [-0.3, -0.25) is 5.43 Å². The fourth-order valence-corrected chi connectivity index (χ4v) is 3.47. The Hall–Kier alpha value is -3.38. The number of amides is 2. The quantitative estimate of drug-likeness (QED) is 0.445. The summed E-state index contributed by atoms with van der Waals surface area (Å²) in [4.78, 5) is 36.7. The van der Waals surface area contributed by atoms with Gasteiger partial charge in [-0.2, -0.15) is 0 Å². The molecule has 1 saturated heterocycles. The van der Waals surface area contributed by atoms with Crippen molar-refractivity contribution in [1.82, 2.24) is 39.4 Å². The zero-order chi connectivity index (χ0) is 22.9. The summed E-state index contributed by atoms with van der Waals surface area (Å²) < 4.78 is 7.25. The van der Waals surface area contributed by atoms with Gasteiger partial charge in [0.1, 0.15) is 18.0 Å². The molecule has 3 aromatic rings. The van der Waals surface area contributed by atoms with Gasteiger partial charge in [-0.25, -0.2) is 34.7 Å². The van der Waals surface area contributed by atoms with Gasteiger partial charge in [0, 0.05) is 32.0 Å². The smallest absolute Gasteiger partial charge is 0.341 e. The number of carbonyl (C=O) groups excluding carboxylic acids is 1. The van der Waals surface area contributed by atoms with Crippen LogP contribution in [0.1, 0.15) is 26.6 Å².